The molecule has 0 bridgehead atoms. The molecule has 0 radical (unpaired) electrons. The molecular formula is C20H19N3O5S. The van der Waals surface area contributed by atoms with E-state index in [1.54, 1.807) is 25.6 Å². The Morgan fingerprint density at radius 2 is 1.93 bits per heavy atom. The van der Waals surface area contributed by atoms with E-state index in [2.05, 4.69) is 9.97 Å². The highest BCUT2D eigenvalue weighted by molar-refractivity contribution is 7.86. The smallest absolute Gasteiger partial charge is 0.306 e. The fourth-order valence-corrected chi connectivity index (χ4v) is 3.44. The third-order valence-corrected chi connectivity index (χ3v) is 4.71. The van der Waals surface area contributed by atoms with Crippen LogP contribution in [0.1, 0.15) is 0 Å². The third kappa shape index (κ3) is 4.15. The quantitative estimate of drug-likeness (QED) is 0.340. The monoisotopic (exact) mass is 413 g/mol. The van der Waals surface area contributed by atoms with E-state index < -0.39 is 10.1 Å². The topological polar surface area (TPSA) is 92.5 Å². The van der Waals surface area contributed by atoms with Gasteiger partial charge in [0.15, 0.2) is 5.75 Å². The lowest BCUT2D eigenvalue weighted by molar-refractivity contribution is 0.146. The Morgan fingerprint density at radius 3 is 2.72 bits per heavy atom. The average Bonchev–Trinajstić information content (AvgIpc) is 3.10. The van der Waals surface area contributed by atoms with Gasteiger partial charge in [0, 0.05) is 18.6 Å². The number of para-hydroxylation sites is 1. The predicted octanol–water partition coefficient (Wildman–Crippen LogP) is 2.94. The van der Waals surface area contributed by atoms with E-state index in [0.29, 0.717) is 30.3 Å². The van der Waals surface area contributed by atoms with Crippen molar-refractivity contribution in [3.05, 3.63) is 54.9 Å². The van der Waals surface area contributed by atoms with Gasteiger partial charge in [-0.2, -0.15) is 8.42 Å². The van der Waals surface area contributed by atoms with Crippen molar-refractivity contribution in [2.45, 2.75) is 0 Å². The standard InChI is InChI=1S/C20H19N3O5S/c1-26-10-11-27-15-7-8-17-16(12-15)21-13-23(17)19-9-6-14-4-3-5-18(20(14)22-19)28-29(2,24)25/h3-9,12-13H,10-11H2,1-2H3. The maximum Gasteiger partial charge on any atom is 0.306 e. The summed E-state index contributed by atoms with van der Waals surface area (Å²) in [4.78, 5) is 9.05. The Morgan fingerprint density at radius 1 is 1.07 bits per heavy atom. The first-order valence-electron chi connectivity index (χ1n) is 8.83. The molecular weight excluding hydrogens is 394 g/mol. The molecule has 150 valence electrons. The third-order valence-electron chi connectivity index (χ3n) is 4.23. The van der Waals surface area contributed by atoms with Gasteiger partial charge in [-0.3, -0.25) is 4.57 Å². The molecule has 0 aliphatic rings. The number of hydrogen-bond donors (Lipinski definition) is 0. The zero-order chi connectivity index (χ0) is 20.4. The minimum Gasteiger partial charge on any atom is -0.491 e. The van der Waals surface area contributed by atoms with Crippen molar-refractivity contribution in [2.24, 2.45) is 0 Å². The van der Waals surface area contributed by atoms with E-state index in [4.69, 9.17) is 13.7 Å². The highest BCUT2D eigenvalue weighted by Gasteiger charge is 2.13. The molecule has 0 amide bonds. The minimum atomic E-state index is -3.67. The summed E-state index contributed by atoms with van der Waals surface area (Å²) in [5.41, 5.74) is 2.05. The SMILES string of the molecule is COCCOc1ccc2c(c1)ncn2-c1ccc2cccc(OS(C)(=O)=O)c2n1. The molecule has 0 saturated carbocycles. The van der Waals surface area contributed by atoms with Gasteiger partial charge in [0.25, 0.3) is 0 Å². The summed E-state index contributed by atoms with van der Waals surface area (Å²) in [6.07, 6.45) is 2.67. The summed E-state index contributed by atoms with van der Waals surface area (Å²) in [5, 5.41) is 0.771. The number of aromatic nitrogens is 3. The summed E-state index contributed by atoms with van der Waals surface area (Å²) < 4.78 is 40.7. The van der Waals surface area contributed by atoms with Gasteiger partial charge >= 0.3 is 10.1 Å². The van der Waals surface area contributed by atoms with Gasteiger partial charge in [0.1, 0.15) is 30.0 Å². The van der Waals surface area contributed by atoms with E-state index in [9.17, 15) is 8.42 Å². The lowest BCUT2D eigenvalue weighted by Crippen LogP contribution is -2.07. The second kappa shape index (κ2) is 7.69. The second-order valence-electron chi connectivity index (χ2n) is 6.39. The molecule has 4 aromatic rings. The molecule has 0 aliphatic carbocycles. The predicted molar refractivity (Wildman–Crippen MR) is 109 cm³/mol. The summed E-state index contributed by atoms with van der Waals surface area (Å²) in [5.74, 6) is 1.48. The van der Waals surface area contributed by atoms with Gasteiger partial charge in [0.05, 0.1) is 23.9 Å². The van der Waals surface area contributed by atoms with Crippen LogP contribution in [0.25, 0.3) is 27.8 Å². The minimum absolute atomic E-state index is 0.185. The van der Waals surface area contributed by atoms with E-state index >= 15 is 0 Å². The summed E-state index contributed by atoms with van der Waals surface area (Å²) in [6, 6.07) is 14.5. The zero-order valence-corrected chi connectivity index (χ0v) is 16.7. The fourth-order valence-electron chi connectivity index (χ4n) is 2.98. The largest absolute Gasteiger partial charge is 0.491 e. The number of pyridine rings is 1. The van der Waals surface area contributed by atoms with Gasteiger partial charge in [-0.05, 0) is 30.3 Å². The molecule has 9 heteroatoms. The summed E-state index contributed by atoms with van der Waals surface area (Å²) >= 11 is 0. The Kier molecular flexibility index (Phi) is 5.08. The van der Waals surface area contributed by atoms with Crippen molar-refractivity contribution in [3.63, 3.8) is 0 Å². The Balaban J connectivity index is 1.74. The first kappa shape index (κ1) is 19.2. The zero-order valence-electron chi connectivity index (χ0n) is 15.9. The maximum absolute atomic E-state index is 11.6. The van der Waals surface area contributed by atoms with Crippen LogP contribution in [0, 0.1) is 0 Å². The summed E-state index contributed by atoms with van der Waals surface area (Å²) in [6.45, 7) is 0.962. The van der Waals surface area contributed by atoms with Gasteiger partial charge in [0.2, 0.25) is 0 Å². The number of fused-ring (bicyclic) bond motifs is 2. The first-order valence-corrected chi connectivity index (χ1v) is 10.6. The highest BCUT2D eigenvalue weighted by atomic mass is 32.2. The van der Waals surface area contributed by atoms with Crippen LogP contribution < -0.4 is 8.92 Å². The number of rotatable bonds is 7. The normalized spacial score (nSPS) is 11.8. The maximum atomic E-state index is 11.6. The van der Waals surface area contributed by atoms with Crippen molar-refractivity contribution in [2.75, 3.05) is 26.6 Å². The molecule has 2 aromatic heterocycles. The lowest BCUT2D eigenvalue weighted by Gasteiger charge is -2.09. The van der Waals surface area contributed by atoms with Crippen LogP contribution in [0.2, 0.25) is 0 Å². The fraction of sp³-hybridized carbons (Fsp3) is 0.200. The molecule has 0 atom stereocenters. The number of benzene rings is 2. The lowest BCUT2D eigenvalue weighted by atomic mass is 10.2. The van der Waals surface area contributed by atoms with Crippen molar-refractivity contribution in [1.82, 2.24) is 14.5 Å². The Bertz CT molecular complexity index is 1280. The van der Waals surface area contributed by atoms with Crippen molar-refractivity contribution >= 4 is 32.1 Å². The van der Waals surface area contributed by atoms with Crippen LogP contribution in [-0.4, -0.2) is 49.5 Å². The molecule has 2 heterocycles. The van der Waals surface area contributed by atoms with E-state index in [1.165, 1.54) is 0 Å². The van der Waals surface area contributed by atoms with Crippen molar-refractivity contribution in [3.8, 4) is 17.3 Å². The number of ether oxygens (including phenoxy) is 2. The molecule has 0 aliphatic heterocycles. The molecule has 8 nitrogen and oxygen atoms in total. The van der Waals surface area contributed by atoms with Crippen LogP contribution in [0.4, 0.5) is 0 Å². The van der Waals surface area contributed by atoms with E-state index in [0.717, 1.165) is 22.7 Å². The molecule has 0 fully saturated rings. The molecule has 0 N–H and O–H groups in total. The van der Waals surface area contributed by atoms with Crippen molar-refractivity contribution in [1.29, 1.82) is 0 Å². The number of methoxy groups -OCH3 is 1. The second-order valence-corrected chi connectivity index (χ2v) is 7.97. The van der Waals surface area contributed by atoms with Crippen LogP contribution >= 0.6 is 0 Å². The van der Waals surface area contributed by atoms with Crippen LogP contribution in [-0.2, 0) is 14.9 Å². The van der Waals surface area contributed by atoms with Crippen molar-refractivity contribution < 1.29 is 22.1 Å². The Labute approximate surface area is 167 Å². The molecule has 0 spiro atoms. The Hall–Kier alpha value is -3.17. The van der Waals surface area contributed by atoms with E-state index in [-0.39, 0.29) is 5.75 Å². The first-order chi connectivity index (χ1) is 13.9. The number of nitrogens with zero attached hydrogens (tertiary/aromatic N) is 3. The van der Waals surface area contributed by atoms with Gasteiger partial charge in [-0.25, -0.2) is 9.97 Å². The van der Waals surface area contributed by atoms with Gasteiger partial charge in [-0.15, -0.1) is 0 Å². The van der Waals surface area contributed by atoms with Crippen LogP contribution in [0.15, 0.2) is 54.9 Å². The van der Waals surface area contributed by atoms with Gasteiger partial charge in [-0.1, -0.05) is 12.1 Å². The molecule has 0 saturated heterocycles. The highest BCUT2D eigenvalue weighted by Crippen LogP contribution is 2.28. The molecule has 0 unspecified atom stereocenters. The molecule has 29 heavy (non-hydrogen) atoms. The molecule has 4 rings (SSSR count). The molecule has 2 aromatic carbocycles. The van der Waals surface area contributed by atoms with Gasteiger partial charge < -0.3 is 13.7 Å². The number of imidazole rings is 1. The average molecular weight is 413 g/mol. The van der Waals surface area contributed by atoms with E-state index in [1.807, 2.05) is 41.0 Å². The number of hydrogen-bond acceptors (Lipinski definition) is 7. The van der Waals surface area contributed by atoms with Crippen LogP contribution in [0.5, 0.6) is 11.5 Å². The van der Waals surface area contributed by atoms with Crippen LogP contribution in [0.3, 0.4) is 0 Å². The summed E-state index contributed by atoms with van der Waals surface area (Å²) in [7, 11) is -2.04.